The second kappa shape index (κ2) is 30.6. The molecule has 0 saturated carbocycles. The molecule has 0 atom stereocenters. The van der Waals surface area contributed by atoms with E-state index in [1.807, 2.05) is 0 Å². The van der Waals surface area contributed by atoms with Gasteiger partial charge in [0, 0.05) is 0 Å². The molecule has 0 heterocycles. The number of hydrogen-bond acceptors (Lipinski definition) is 1. The van der Waals surface area contributed by atoms with Gasteiger partial charge in [-0.15, -0.1) is 0 Å². The van der Waals surface area contributed by atoms with Gasteiger partial charge in [-0.05, 0) is 0 Å². The standard InChI is InChI=1S/CHO2.Ag.H2O/c2-1-3;;/h(H,2,3);;1H2/q-1;+1;. The molecule has 0 fully saturated rings. The fourth-order valence-electron chi connectivity index (χ4n) is 0. The normalized spacial score (nSPS) is 2.40. The van der Waals surface area contributed by atoms with Crippen LogP contribution in [0, 0.1) is 0 Å². The zero-order valence-corrected chi connectivity index (χ0v) is 3.64. The number of aliphatic hydroxyl groups excluding tert-OH is 1. The first kappa shape index (κ1) is 19.1. The maximum Gasteiger partial charge on any atom is 1.00 e. The fraction of sp³-hybridized carbons (Fsp3) is 0. The van der Waals surface area contributed by atoms with Crippen LogP contribution in [0.25, 0.3) is 0 Å². The van der Waals surface area contributed by atoms with Crippen molar-refractivity contribution in [3.63, 3.8) is 0 Å². The van der Waals surface area contributed by atoms with Gasteiger partial charge < -0.3 is 15.4 Å². The van der Waals surface area contributed by atoms with Crippen molar-refractivity contribution in [1.82, 2.24) is 0 Å². The van der Waals surface area contributed by atoms with Crippen LogP contribution in [0.3, 0.4) is 0 Å². The van der Waals surface area contributed by atoms with E-state index in [-0.39, 0.29) is 27.9 Å². The van der Waals surface area contributed by atoms with Gasteiger partial charge in [-0.1, -0.05) is 6.47 Å². The number of rotatable bonds is 0. The summed E-state index contributed by atoms with van der Waals surface area (Å²) in [6.45, 7) is 0.500. The largest absolute Gasteiger partial charge is 1.00 e. The van der Waals surface area contributed by atoms with Crippen LogP contribution in [0.1, 0.15) is 0 Å². The third-order valence-electron chi connectivity index (χ3n) is 0. The number of hydrogen-bond donors (Lipinski definition) is 1. The first-order valence-corrected chi connectivity index (χ1v) is 0.428. The zero-order valence-electron chi connectivity index (χ0n) is 2.16. The molecule has 3 N–H and O–H groups in total. The SMILES string of the molecule is O.O=[C-]O.[Ag+]. The van der Waals surface area contributed by atoms with E-state index in [0.29, 0.717) is 6.47 Å². The maximum absolute atomic E-state index is 8.24. The van der Waals surface area contributed by atoms with E-state index in [9.17, 15) is 0 Å². The molecule has 0 saturated heterocycles. The molecule has 0 radical (unpaired) electrons. The summed E-state index contributed by atoms with van der Waals surface area (Å²) in [6, 6.07) is 0. The van der Waals surface area contributed by atoms with Crippen LogP contribution >= 0.6 is 0 Å². The van der Waals surface area contributed by atoms with E-state index in [0.717, 1.165) is 0 Å². The monoisotopic (exact) mass is 170 g/mol. The van der Waals surface area contributed by atoms with E-state index >= 15 is 0 Å². The van der Waals surface area contributed by atoms with Crippen molar-refractivity contribution in [2.75, 3.05) is 0 Å². The molecule has 0 rings (SSSR count). The predicted molar refractivity (Wildman–Crippen MR) is 11.9 cm³/mol. The van der Waals surface area contributed by atoms with Crippen LogP contribution in [-0.2, 0) is 27.2 Å². The van der Waals surface area contributed by atoms with Crippen molar-refractivity contribution in [1.29, 1.82) is 0 Å². The van der Waals surface area contributed by atoms with Crippen LogP contribution in [0.4, 0.5) is 0 Å². The van der Waals surface area contributed by atoms with Crippen molar-refractivity contribution >= 4 is 6.47 Å². The van der Waals surface area contributed by atoms with E-state index in [2.05, 4.69) is 0 Å². The van der Waals surface area contributed by atoms with E-state index < -0.39 is 0 Å². The molecule has 0 aliphatic rings. The van der Waals surface area contributed by atoms with Crippen molar-refractivity contribution in [2.45, 2.75) is 0 Å². The Bertz CT molecular complexity index is 14.4. The Kier molecular flexibility index (Phi) is 117. The Hall–Kier alpha value is 0.170. The van der Waals surface area contributed by atoms with Crippen LogP contribution in [0.5, 0.6) is 0 Å². The van der Waals surface area contributed by atoms with Crippen LogP contribution in [0.2, 0.25) is 0 Å². The average molecular weight is 171 g/mol. The quantitative estimate of drug-likeness (QED) is 0.366. The Balaban J connectivity index is -0.0000000200. The molecular formula is CH3AgO3. The van der Waals surface area contributed by atoms with Crippen molar-refractivity contribution in [2.24, 2.45) is 0 Å². The topological polar surface area (TPSA) is 68.8 Å². The van der Waals surface area contributed by atoms with E-state index in [4.69, 9.17) is 9.90 Å². The summed E-state index contributed by atoms with van der Waals surface area (Å²) in [4.78, 5) is 8.24. The van der Waals surface area contributed by atoms with Gasteiger partial charge in [-0.25, -0.2) is 0 Å². The zero-order chi connectivity index (χ0) is 2.71. The molecule has 36 valence electrons. The minimum atomic E-state index is 0. The molecule has 0 aliphatic heterocycles. The molecule has 0 aliphatic carbocycles. The van der Waals surface area contributed by atoms with E-state index in [1.54, 1.807) is 0 Å². The van der Waals surface area contributed by atoms with E-state index in [1.165, 1.54) is 0 Å². The Labute approximate surface area is 44.8 Å². The molecule has 4 heteroatoms. The molecule has 0 amide bonds. The maximum atomic E-state index is 8.24. The minimum Gasteiger partial charge on any atom is -0.665 e. The van der Waals surface area contributed by atoms with Gasteiger partial charge in [0.05, 0.1) is 0 Å². The van der Waals surface area contributed by atoms with Gasteiger partial charge in [0.25, 0.3) is 0 Å². The summed E-state index contributed by atoms with van der Waals surface area (Å²) in [7, 11) is 0. The first-order valence-electron chi connectivity index (χ1n) is 0.428. The molecule has 0 bridgehead atoms. The summed E-state index contributed by atoms with van der Waals surface area (Å²) in [6.07, 6.45) is 0. The fourth-order valence-corrected chi connectivity index (χ4v) is 0. The van der Waals surface area contributed by atoms with Crippen LogP contribution in [0.15, 0.2) is 0 Å². The Morgan fingerprint density at radius 3 is 1.60 bits per heavy atom. The summed E-state index contributed by atoms with van der Waals surface area (Å²) >= 11 is 0. The second-order valence-electron chi connectivity index (χ2n) is 0.0913. The van der Waals surface area contributed by atoms with Crippen LogP contribution < -0.4 is 0 Å². The van der Waals surface area contributed by atoms with Gasteiger partial charge in [-0.2, -0.15) is 0 Å². The van der Waals surface area contributed by atoms with Gasteiger partial charge >= 0.3 is 22.4 Å². The van der Waals surface area contributed by atoms with Gasteiger partial charge in [-0.3, -0.25) is 0 Å². The molecule has 3 nitrogen and oxygen atoms in total. The Morgan fingerprint density at radius 2 is 1.60 bits per heavy atom. The second-order valence-corrected chi connectivity index (χ2v) is 0.0913. The van der Waals surface area contributed by atoms with Crippen molar-refractivity contribution in [3.05, 3.63) is 0 Å². The average Bonchev–Trinajstić information content (AvgIpc) is 0.918. The molecule has 0 unspecified atom stereocenters. The molecule has 0 aromatic rings. The van der Waals surface area contributed by atoms with Gasteiger partial charge in [0.1, 0.15) is 0 Å². The van der Waals surface area contributed by atoms with Gasteiger partial charge in [0.2, 0.25) is 0 Å². The Morgan fingerprint density at radius 1 is 1.60 bits per heavy atom. The molecule has 5 heavy (non-hydrogen) atoms. The minimum absolute atomic E-state index is 0. The molecular weight excluding hydrogens is 168 g/mol. The summed E-state index contributed by atoms with van der Waals surface area (Å²) in [5, 5.41) is 6.76. The first-order chi connectivity index (χ1) is 1.41. The molecule has 0 spiro atoms. The predicted octanol–water partition coefficient (Wildman–Crippen LogP) is -1.22. The summed E-state index contributed by atoms with van der Waals surface area (Å²) in [5.41, 5.74) is 0. The molecule has 0 aromatic heterocycles. The molecule has 0 aromatic carbocycles. The van der Waals surface area contributed by atoms with Crippen molar-refractivity contribution < 1.29 is 37.8 Å². The third kappa shape index (κ3) is 678. The summed E-state index contributed by atoms with van der Waals surface area (Å²) < 4.78 is 0. The summed E-state index contributed by atoms with van der Waals surface area (Å²) in [5.74, 6) is 0. The third-order valence-corrected chi connectivity index (χ3v) is 0. The smallest absolute Gasteiger partial charge is 0.665 e. The van der Waals surface area contributed by atoms with Crippen LogP contribution in [-0.4, -0.2) is 17.1 Å². The van der Waals surface area contributed by atoms with Gasteiger partial charge in [0.15, 0.2) is 0 Å². The van der Waals surface area contributed by atoms with Crippen molar-refractivity contribution in [3.8, 4) is 0 Å².